The van der Waals surface area contributed by atoms with Gasteiger partial charge in [-0.1, -0.05) is 0 Å². The van der Waals surface area contributed by atoms with E-state index in [0.29, 0.717) is 12.1 Å². The number of anilines is 1. The highest BCUT2D eigenvalue weighted by atomic mass is 16.3. The molecule has 20 heavy (non-hydrogen) atoms. The molecule has 1 N–H and O–H groups in total. The number of aliphatic hydroxyl groups excluding tert-OH is 1. The number of hydrogen-bond donors (Lipinski definition) is 1. The molecular weight excluding hydrogens is 252 g/mol. The lowest BCUT2D eigenvalue weighted by Crippen LogP contribution is -2.64. The zero-order chi connectivity index (χ0) is 13.7. The molecule has 0 spiro atoms. The average molecular weight is 274 g/mol. The largest absolute Gasteiger partial charge is 0.391 e. The summed E-state index contributed by atoms with van der Waals surface area (Å²) in [6.07, 6.45) is 5.44. The molecule has 0 aromatic carbocycles. The van der Waals surface area contributed by atoms with Crippen LogP contribution in [0.5, 0.6) is 0 Å². The van der Waals surface area contributed by atoms with E-state index in [1.165, 1.54) is 17.7 Å². The molecular formula is C15H22N4O. The third kappa shape index (κ3) is 1.91. The van der Waals surface area contributed by atoms with E-state index in [1.807, 2.05) is 0 Å². The summed E-state index contributed by atoms with van der Waals surface area (Å²) in [5, 5.41) is 18.5. The Balaban J connectivity index is 1.39. The van der Waals surface area contributed by atoms with Crippen LogP contribution in [0.1, 0.15) is 30.5 Å². The van der Waals surface area contributed by atoms with Gasteiger partial charge in [0.15, 0.2) is 5.82 Å². The van der Waals surface area contributed by atoms with Gasteiger partial charge in [0.2, 0.25) is 0 Å². The quantitative estimate of drug-likeness (QED) is 0.875. The first-order valence-electron chi connectivity index (χ1n) is 7.73. The van der Waals surface area contributed by atoms with Gasteiger partial charge in [-0.25, -0.2) is 0 Å². The topological polar surface area (TPSA) is 52.5 Å². The van der Waals surface area contributed by atoms with Crippen molar-refractivity contribution in [1.29, 1.82) is 0 Å². The summed E-state index contributed by atoms with van der Waals surface area (Å²) in [7, 11) is 2.14. The zero-order valence-corrected chi connectivity index (χ0v) is 12.0. The van der Waals surface area contributed by atoms with Crippen molar-refractivity contribution in [2.45, 2.75) is 50.3 Å². The Kier molecular flexibility index (Phi) is 2.93. The molecule has 1 saturated heterocycles. The van der Waals surface area contributed by atoms with Crippen LogP contribution in [-0.4, -0.2) is 58.5 Å². The number of nitrogens with zero attached hydrogens (tertiary/aromatic N) is 4. The number of aliphatic hydroxyl groups is 1. The smallest absolute Gasteiger partial charge is 0.151 e. The lowest BCUT2D eigenvalue weighted by molar-refractivity contribution is -0.0317. The number of hydrogen-bond acceptors (Lipinski definition) is 5. The molecule has 0 amide bonds. The molecule has 2 fully saturated rings. The third-order valence-electron chi connectivity index (χ3n) is 5.29. The number of fused-ring (bicyclic) bond motifs is 1. The summed E-state index contributed by atoms with van der Waals surface area (Å²) in [5.41, 5.74) is 2.58. The van der Waals surface area contributed by atoms with Crippen molar-refractivity contribution < 1.29 is 5.11 Å². The molecule has 108 valence electrons. The van der Waals surface area contributed by atoms with Crippen LogP contribution in [0.15, 0.2) is 6.07 Å². The fourth-order valence-electron chi connectivity index (χ4n) is 3.58. The minimum Gasteiger partial charge on any atom is -0.391 e. The monoisotopic (exact) mass is 274 g/mol. The second kappa shape index (κ2) is 4.67. The Labute approximate surface area is 119 Å². The van der Waals surface area contributed by atoms with Crippen LogP contribution in [0.2, 0.25) is 0 Å². The molecule has 1 aromatic heterocycles. The van der Waals surface area contributed by atoms with Crippen LogP contribution >= 0.6 is 0 Å². The van der Waals surface area contributed by atoms with Crippen molar-refractivity contribution in [2.75, 3.05) is 25.0 Å². The second-order valence-electron chi connectivity index (χ2n) is 6.46. The fraction of sp³-hybridized carbons (Fsp3) is 0.733. The predicted molar refractivity (Wildman–Crippen MR) is 76.8 cm³/mol. The van der Waals surface area contributed by atoms with Crippen molar-refractivity contribution in [3.8, 4) is 0 Å². The van der Waals surface area contributed by atoms with E-state index in [2.05, 4.69) is 33.1 Å². The number of aryl methyl sites for hydroxylation is 2. The Morgan fingerprint density at radius 1 is 1.25 bits per heavy atom. The molecule has 5 nitrogen and oxygen atoms in total. The van der Waals surface area contributed by atoms with Gasteiger partial charge < -0.3 is 10.0 Å². The second-order valence-corrected chi connectivity index (χ2v) is 6.46. The first-order chi connectivity index (χ1) is 9.72. The maximum Gasteiger partial charge on any atom is 0.151 e. The van der Waals surface area contributed by atoms with Gasteiger partial charge in [-0.3, -0.25) is 4.90 Å². The number of aromatic nitrogens is 2. The van der Waals surface area contributed by atoms with Gasteiger partial charge in [-0.05, 0) is 50.8 Å². The maximum absolute atomic E-state index is 9.76. The predicted octanol–water partition coefficient (Wildman–Crippen LogP) is 0.609. The Morgan fingerprint density at radius 3 is 2.80 bits per heavy atom. The van der Waals surface area contributed by atoms with Crippen molar-refractivity contribution >= 4 is 5.82 Å². The van der Waals surface area contributed by atoms with E-state index in [4.69, 9.17) is 0 Å². The Bertz CT molecular complexity index is 515. The molecule has 2 heterocycles. The highest BCUT2D eigenvalue weighted by Gasteiger charge is 2.40. The van der Waals surface area contributed by atoms with Gasteiger partial charge in [0.05, 0.1) is 11.8 Å². The third-order valence-corrected chi connectivity index (χ3v) is 5.29. The molecule has 1 saturated carbocycles. The molecule has 2 aliphatic carbocycles. The minimum atomic E-state index is -0.117. The highest BCUT2D eigenvalue weighted by molar-refractivity contribution is 5.45. The van der Waals surface area contributed by atoms with E-state index in [-0.39, 0.29) is 6.10 Å². The van der Waals surface area contributed by atoms with E-state index in [0.717, 1.165) is 44.6 Å². The zero-order valence-electron chi connectivity index (χ0n) is 12.0. The van der Waals surface area contributed by atoms with Crippen molar-refractivity contribution in [3.63, 3.8) is 0 Å². The summed E-state index contributed by atoms with van der Waals surface area (Å²) in [4.78, 5) is 4.66. The Hall–Kier alpha value is -1.20. The SMILES string of the molecule is CN(C1CN(c2cc3c(nn2)CCC3)C1)C1CCC1O. The van der Waals surface area contributed by atoms with Crippen LogP contribution in [0.4, 0.5) is 5.82 Å². The van der Waals surface area contributed by atoms with E-state index in [1.54, 1.807) is 0 Å². The van der Waals surface area contributed by atoms with Gasteiger partial charge in [-0.15, -0.1) is 5.10 Å². The molecule has 1 aliphatic heterocycles. The van der Waals surface area contributed by atoms with Gasteiger partial charge >= 0.3 is 0 Å². The van der Waals surface area contributed by atoms with Crippen LogP contribution in [-0.2, 0) is 12.8 Å². The molecule has 2 unspecified atom stereocenters. The minimum absolute atomic E-state index is 0.117. The molecule has 1 aromatic rings. The fourth-order valence-corrected chi connectivity index (χ4v) is 3.58. The number of likely N-dealkylation sites (N-methyl/N-ethyl adjacent to an activating group) is 1. The summed E-state index contributed by atoms with van der Waals surface area (Å²) in [5.74, 6) is 1.03. The first-order valence-corrected chi connectivity index (χ1v) is 7.73. The average Bonchev–Trinajstić information content (AvgIpc) is 2.82. The number of rotatable bonds is 3. The van der Waals surface area contributed by atoms with E-state index in [9.17, 15) is 5.11 Å². The normalized spacial score (nSPS) is 29.2. The summed E-state index contributed by atoms with van der Waals surface area (Å²) < 4.78 is 0. The highest BCUT2D eigenvalue weighted by Crippen LogP contribution is 2.31. The summed E-state index contributed by atoms with van der Waals surface area (Å²) >= 11 is 0. The first kappa shape index (κ1) is 12.5. The lowest BCUT2D eigenvalue weighted by atomic mass is 9.86. The summed E-state index contributed by atoms with van der Waals surface area (Å²) in [6, 6.07) is 3.14. The van der Waals surface area contributed by atoms with Crippen molar-refractivity contribution in [1.82, 2.24) is 15.1 Å². The van der Waals surface area contributed by atoms with Gasteiger partial charge in [0.25, 0.3) is 0 Å². The molecule has 0 bridgehead atoms. The van der Waals surface area contributed by atoms with E-state index >= 15 is 0 Å². The van der Waals surface area contributed by atoms with Gasteiger partial charge in [0.1, 0.15) is 0 Å². The van der Waals surface area contributed by atoms with Crippen LogP contribution in [0.3, 0.4) is 0 Å². The van der Waals surface area contributed by atoms with E-state index < -0.39 is 0 Å². The molecule has 3 aliphatic rings. The van der Waals surface area contributed by atoms with Gasteiger partial charge in [0, 0.05) is 25.2 Å². The maximum atomic E-state index is 9.76. The Morgan fingerprint density at radius 2 is 2.10 bits per heavy atom. The van der Waals surface area contributed by atoms with Crippen LogP contribution < -0.4 is 4.90 Å². The molecule has 4 rings (SSSR count). The molecule has 0 radical (unpaired) electrons. The standard InChI is InChI=1S/C15H22N4O/c1-18(13-5-6-14(13)20)11-8-19(9-11)15-7-10-3-2-4-12(10)16-17-15/h7,11,13-14,20H,2-6,8-9H2,1H3. The van der Waals surface area contributed by atoms with Crippen LogP contribution in [0, 0.1) is 0 Å². The molecule has 5 heteroatoms. The van der Waals surface area contributed by atoms with Crippen LogP contribution in [0.25, 0.3) is 0 Å². The van der Waals surface area contributed by atoms with Gasteiger partial charge in [-0.2, -0.15) is 5.10 Å². The van der Waals surface area contributed by atoms with Crippen molar-refractivity contribution in [3.05, 3.63) is 17.3 Å². The molecule has 2 atom stereocenters. The summed E-state index contributed by atoms with van der Waals surface area (Å²) in [6.45, 7) is 2.01. The lowest BCUT2D eigenvalue weighted by Gasteiger charge is -2.50. The van der Waals surface area contributed by atoms with Crippen molar-refractivity contribution in [2.24, 2.45) is 0 Å².